The molecule has 16 heavy (non-hydrogen) atoms. The summed E-state index contributed by atoms with van der Waals surface area (Å²) in [6.45, 7) is 3.34. The minimum atomic E-state index is 0.787. The monoisotopic (exact) mass is 223 g/mol. The Hall–Kier alpha value is -0.120. The van der Waals surface area contributed by atoms with Gasteiger partial charge in [-0.05, 0) is 69.5 Å². The molecule has 3 nitrogen and oxygen atoms in total. The van der Waals surface area contributed by atoms with Gasteiger partial charge in [0.05, 0.1) is 0 Å². The number of hydrogen-bond acceptors (Lipinski definition) is 3. The fourth-order valence-corrected chi connectivity index (χ4v) is 4.39. The number of fused-ring (bicyclic) bond motifs is 2. The van der Waals surface area contributed by atoms with Crippen LogP contribution in [0.15, 0.2) is 0 Å². The molecule has 3 rings (SSSR count). The van der Waals surface area contributed by atoms with Crippen molar-refractivity contribution in [1.82, 2.24) is 10.6 Å². The van der Waals surface area contributed by atoms with Crippen LogP contribution in [-0.2, 0) is 0 Å². The van der Waals surface area contributed by atoms with E-state index < -0.39 is 0 Å². The van der Waals surface area contributed by atoms with Gasteiger partial charge in [-0.25, -0.2) is 0 Å². The fraction of sp³-hybridized carbons (Fsp3) is 1.00. The van der Waals surface area contributed by atoms with Crippen molar-refractivity contribution in [3.63, 3.8) is 0 Å². The van der Waals surface area contributed by atoms with E-state index in [9.17, 15) is 0 Å². The Labute approximate surface area is 98.5 Å². The molecule has 0 aromatic heterocycles. The number of rotatable bonds is 2. The van der Waals surface area contributed by atoms with Gasteiger partial charge in [-0.3, -0.25) is 0 Å². The van der Waals surface area contributed by atoms with Crippen LogP contribution in [-0.4, -0.2) is 31.7 Å². The Bertz CT molecular complexity index is 237. The van der Waals surface area contributed by atoms with Crippen molar-refractivity contribution >= 4 is 0 Å². The van der Waals surface area contributed by atoms with Crippen molar-refractivity contribution in [2.75, 3.05) is 19.6 Å². The predicted molar refractivity (Wildman–Crippen MR) is 66.2 cm³/mol. The van der Waals surface area contributed by atoms with Gasteiger partial charge in [0.2, 0.25) is 0 Å². The fourth-order valence-electron chi connectivity index (χ4n) is 4.39. The van der Waals surface area contributed by atoms with Gasteiger partial charge in [-0.2, -0.15) is 0 Å². The number of nitrogens with one attached hydrogen (secondary N) is 2. The molecule has 3 heterocycles. The summed E-state index contributed by atoms with van der Waals surface area (Å²) in [5.41, 5.74) is 6.01. The summed E-state index contributed by atoms with van der Waals surface area (Å²) in [5, 5.41) is 7.30. The maximum Gasteiger partial charge on any atom is 0.0104 e. The maximum absolute atomic E-state index is 6.01. The van der Waals surface area contributed by atoms with Crippen LogP contribution in [0.5, 0.6) is 0 Å². The highest BCUT2D eigenvalue weighted by atomic mass is 15.0. The highest BCUT2D eigenvalue weighted by molar-refractivity contribution is 5.00. The first-order chi connectivity index (χ1) is 7.88. The molecule has 92 valence electrons. The van der Waals surface area contributed by atoms with Crippen LogP contribution in [0.25, 0.3) is 0 Å². The number of nitrogens with two attached hydrogens (primary N) is 1. The first-order valence-electron chi connectivity index (χ1n) is 7.05. The van der Waals surface area contributed by atoms with Crippen LogP contribution >= 0.6 is 0 Å². The molecular weight excluding hydrogens is 198 g/mol. The van der Waals surface area contributed by atoms with Crippen molar-refractivity contribution in [3.8, 4) is 0 Å². The van der Waals surface area contributed by atoms with Crippen molar-refractivity contribution < 1.29 is 0 Å². The van der Waals surface area contributed by atoms with Crippen molar-refractivity contribution in [3.05, 3.63) is 0 Å². The third kappa shape index (κ3) is 1.89. The lowest BCUT2D eigenvalue weighted by atomic mass is 9.70. The van der Waals surface area contributed by atoms with E-state index in [-0.39, 0.29) is 0 Å². The Morgan fingerprint density at radius 3 is 2.62 bits per heavy atom. The summed E-state index contributed by atoms with van der Waals surface area (Å²) < 4.78 is 0. The smallest absolute Gasteiger partial charge is 0.0104 e. The predicted octanol–water partition coefficient (Wildman–Crippen LogP) is 0.701. The molecule has 4 N–H and O–H groups in total. The molecule has 0 aromatic carbocycles. The van der Waals surface area contributed by atoms with Crippen LogP contribution in [0.3, 0.4) is 0 Å². The van der Waals surface area contributed by atoms with E-state index in [1.54, 1.807) is 0 Å². The van der Waals surface area contributed by atoms with Gasteiger partial charge >= 0.3 is 0 Å². The maximum atomic E-state index is 6.01. The average molecular weight is 223 g/mol. The van der Waals surface area contributed by atoms with E-state index in [0.29, 0.717) is 0 Å². The van der Waals surface area contributed by atoms with E-state index in [1.165, 1.54) is 45.2 Å². The Morgan fingerprint density at radius 2 is 1.88 bits per heavy atom. The summed E-state index contributed by atoms with van der Waals surface area (Å²) in [4.78, 5) is 0. The zero-order chi connectivity index (χ0) is 11.0. The summed E-state index contributed by atoms with van der Waals surface area (Å²) in [7, 11) is 0. The number of piperidine rings is 2. The lowest BCUT2D eigenvalue weighted by molar-refractivity contribution is 0.110. The second-order valence-corrected chi connectivity index (χ2v) is 5.94. The molecule has 0 radical (unpaired) electrons. The second-order valence-electron chi connectivity index (χ2n) is 5.94. The molecule has 3 heteroatoms. The van der Waals surface area contributed by atoms with E-state index in [2.05, 4.69) is 10.6 Å². The largest absolute Gasteiger partial charge is 0.330 e. The number of hydrogen-bond donors (Lipinski definition) is 3. The molecule has 4 unspecified atom stereocenters. The zero-order valence-electron chi connectivity index (χ0n) is 10.1. The second kappa shape index (κ2) is 4.63. The minimum Gasteiger partial charge on any atom is -0.330 e. The highest BCUT2D eigenvalue weighted by Crippen LogP contribution is 2.41. The lowest BCUT2D eigenvalue weighted by Gasteiger charge is -2.43. The molecule has 0 saturated carbocycles. The molecular formula is C13H25N3. The molecule has 3 aliphatic rings. The standard InChI is InChI=1S/C13H25N3/c14-8-10-7-11-1-2-12(16-11)13(10)9-3-5-15-6-4-9/h9-13,15-16H,1-8,14H2. The Kier molecular flexibility index (Phi) is 3.18. The summed E-state index contributed by atoms with van der Waals surface area (Å²) >= 11 is 0. The minimum absolute atomic E-state index is 0.787. The molecule has 3 fully saturated rings. The van der Waals surface area contributed by atoms with E-state index in [4.69, 9.17) is 5.73 Å². The molecule has 4 atom stereocenters. The van der Waals surface area contributed by atoms with Crippen LogP contribution in [0.4, 0.5) is 0 Å². The van der Waals surface area contributed by atoms with Crippen LogP contribution in [0.2, 0.25) is 0 Å². The van der Waals surface area contributed by atoms with Gasteiger partial charge < -0.3 is 16.4 Å². The average Bonchev–Trinajstić information content (AvgIpc) is 2.72. The Morgan fingerprint density at radius 1 is 1.06 bits per heavy atom. The molecule has 3 aliphatic heterocycles. The van der Waals surface area contributed by atoms with Gasteiger partial charge in [-0.1, -0.05) is 0 Å². The van der Waals surface area contributed by atoms with Crippen molar-refractivity contribution in [2.24, 2.45) is 23.5 Å². The Balaban J connectivity index is 1.73. The normalized spacial score (nSPS) is 44.8. The molecule has 0 amide bonds. The van der Waals surface area contributed by atoms with Gasteiger partial charge in [-0.15, -0.1) is 0 Å². The van der Waals surface area contributed by atoms with Gasteiger partial charge in [0.15, 0.2) is 0 Å². The first-order valence-corrected chi connectivity index (χ1v) is 7.05. The first kappa shape index (κ1) is 11.0. The van der Waals surface area contributed by atoms with Crippen molar-refractivity contribution in [1.29, 1.82) is 0 Å². The molecule has 2 bridgehead atoms. The zero-order valence-corrected chi connectivity index (χ0v) is 10.1. The highest BCUT2D eigenvalue weighted by Gasteiger charge is 2.44. The van der Waals surface area contributed by atoms with E-state index >= 15 is 0 Å². The van der Waals surface area contributed by atoms with Crippen molar-refractivity contribution in [2.45, 2.75) is 44.2 Å². The third-order valence-electron chi connectivity index (χ3n) is 5.10. The van der Waals surface area contributed by atoms with Gasteiger partial charge in [0.25, 0.3) is 0 Å². The molecule has 0 aromatic rings. The van der Waals surface area contributed by atoms with Crippen LogP contribution in [0, 0.1) is 17.8 Å². The quantitative estimate of drug-likeness (QED) is 0.646. The van der Waals surface area contributed by atoms with Crippen LogP contribution < -0.4 is 16.4 Å². The SMILES string of the molecule is NCC1CC2CCC(N2)C1C1CCNCC1. The van der Waals surface area contributed by atoms with Crippen LogP contribution in [0.1, 0.15) is 32.1 Å². The molecule has 0 spiro atoms. The summed E-state index contributed by atoms with van der Waals surface area (Å²) in [6.07, 6.45) is 6.86. The van der Waals surface area contributed by atoms with E-state index in [1.807, 2.05) is 0 Å². The van der Waals surface area contributed by atoms with Gasteiger partial charge in [0.1, 0.15) is 0 Å². The van der Waals surface area contributed by atoms with E-state index in [0.717, 1.165) is 36.4 Å². The third-order valence-corrected chi connectivity index (χ3v) is 5.10. The lowest BCUT2D eigenvalue weighted by Crippen LogP contribution is -2.51. The summed E-state index contributed by atoms with van der Waals surface area (Å²) in [5.74, 6) is 2.58. The topological polar surface area (TPSA) is 50.1 Å². The summed E-state index contributed by atoms with van der Waals surface area (Å²) in [6, 6.07) is 1.58. The van der Waals surface area contributed by atoms with Gasteiger partial charge in [0, 0.05) is 12.1 Å². The molecule has 0 aliphatic carbocycles. The molecule has 3 saturated heterocycles.